The van der Waals surface area contributed by atoms with E-state index in [9.17, 15) is 17.6 Å². The first-order valence-electron chi connectivity index (χ1n) is 8.38. The van der Waals surface area contributed by atoms with E-state index >= 15 is 0 Å². The molecule has 3 aromatic rings. The summed E-state index contributed by atoms with van der Waals surface area (Å²) in [5.41, 5.74) is 4.32. The van der Waals surface area contributed by atoms with Crippen molar-refractivity contribution >= 4 is 17.2 Å². The summed E-state index contributed by atoms with van der Waals surface area (Å²) >= 11 is 0. The summed E-state index contributed by atoms with van der Waals surface area (Å²) in [6, 6.07) is 17.9. The number of hydrogen-bond donors (Lipinski definition) is 1. The second kappa shape index (κ2) is 6.92. The number of fused-ring (bicyclic) bond motifs is 1. The third-order valence-corrected chi connectivity index (χ3v) is 4.28. The van der Waals surface area contributed by atoms with Crippen LogP contribution in [0.25, 0.3) is 0 Å². The molecule has 4 rings (SSSR count). The molecule has 1 N–H and O–H groups in total. The summed E-state index contributed by atoms with van der Waals surface area (Å²) in [6.07, 6.45) is -4.42. The molecule has 0 aliphatic carbocycles. The molecule has 0 amide bonds. The van der Waals surface area contributed by atoms with Crippen LogP contribution in [-0.4, -0.2) is 11.5 Å². The normalized spacial score (nSPS) is 13.7. The van der Waals surface area contributed by atoms with Gasteiger partial charge in [0.15, 0.2) is 5.84 Å². The number of amidine groups is 1. The fourth-order valence-electron chi connectivity index (χ4n) is 2.90. The van der Waals surface area contributed by atoms with Crippen molar-refractivity contribution in [3.8, 4) is 0 Å². The Hall–Kier alpha value is -3.48. The minimum Gasteiger partial charge on any atom is -0.260 e. The second-order valence-electron chi connectivity index (χ2n) is 6.10. The highest BCUT2D eigenvalue weighted by molar-refractivity contribution is 6.18. The van der Waals surface area contributed by atoms with Gasteiger partial charge in [0.1, 0.15) is 5.82 Å². The number of aliphatic imine (C=N–C) groups is 1. The standard InChI is InChI=1S/C21H13F4N3/c22-17-7-3-1-5-15(17)20-26-18-8-4-2-6-16(18)19(27-28-20)13-9-11-14(12-10-13)21(23,24)25/h1-12H,(H,26,28). The van der Waals surface area contributed by atoms with E-state index < -0.39 is 17.6 Å². The van der Waals surface area contributed by atoms with E-state index in [1.165, 1.54) is 18.2 Å². The highest BCUT2D eigenvalue weighted by Crippen LogP contribution is 2.31. The topological polar surface area (TPSA) is 36.8 Å². The predicted octanol–water partition coefficient (Wildman–Crippen LogP) is 5.28. The summed E-state index contributed by atoms with van der Waals surface area (Å²) in [6.45, 7) is 0. The Morgan fingerprint density at radius 1 is 0.750 bits per heavy atom. The smallest absolute Gasteiger partial charge is 0.260 e. The van der Waals surface area contributed by atoms with E-state index in [-0.39, 0.29) is 11.4 Å². The van der Waals surface area contributed by atoms with Gasteiger partial charge in [0.05, 0.1) is 22.5 Å². The van der Waals surface area contributed by atoms with E-state index in [1.54, 1.807) is 42.5 Å². The number of halogens is 4. The molecule has 1 aliphatic heterocycles. The van der Waals surface area contributed by atoms with Crippen LogP contribution in [0.5, 0.6) is 0 Å². The van der Waals surface area contributed by atoms with Gasteiger partial charge in [-0.2, -0.15) is 18.3 Å². The Labute approximate surface area is 158 Å². The first kappa shape index (κ1) is 17.9. The molecule has 3 aromatic carbocycles. The van der Waals surface area contributed by atoms with Gasteiger partial charge in [-0.15, -0.1) is 0 Å². The van der Waals surface area contributed by atoms with Gasteiger partial charge in [0.25, 0.3) is 0 Å². The number of para-hydroxylation sites is 1. The van der Waals surface area contributed by atoms with Crippen LogP contribution in [0, 0.1) is 5.82 Å². The molecule has 0 radical (unpaired) electrons. The van der Waals surface area contributed by atoms with Crippen molar-refractivity contribution in [1.29, 1.82) is 0 Å². The van der Waals surface area contributed by atoms with Gasteiger partial charge in [-0.25, -0.2) is 9.38 Å². The van der Waals surface area contributed by atoms with Gasteiger partial charge in [-0.05, 0) is 30.3 Å². The van der Waals surface area contributed by atoms with Crippen molar-refractivity contribution in [3.63, 3.8) is 0 Å². The summed E-state index contributed by atoms with van der Waals surface area (Å²) in [5.74, 6) is -0.244. The first-order chi connectivity index (χ1) is 13.4. The number of rotatable bonds is 2. The number of nitrogens with one attached hydrogen (secondary N) is 1. The molecule has 1 aliphatic rings. The third-order valence-electron chi connectivity index (χ3n) is 4.28. The molecule has 7 heteroatoms. The highest BCUT2D eigenvalue weighted by atomic mass is 19.4. The van der Waals surface area contributed by atoms with E-state index in [0.717, 1.165) is 12.1 Å². The van der Waals surface area contributed by atoms with Crippen LogP contribution in [0.15, 0.2) is 82.9 Å². The number of alkyl halides is 3. The third kappa shape index (κ3) is 3.38. The summed E-state index contributed by atoms with van der Waals surface area (Å²) < 4.78 is 52.7. The van der Waals surface area contributed by atoms with Crippen molar-refractivity contribution in [2.24, 2.45) is 10.1 Å². The molecule has 0 unspecified atom stereocenters. The lowest BCUT2D eigenvalue weighted by molar-refractivity contribution is -0.137. The molecule has 1 heterocycles. The summed E-state index contributed by atoms with van der Waals surface area (Å²) in [7, 11) is 0. The molecule has 140 valence electrons. The fourth-order valence-corrected chi connectivity index (χ4v) is 2.90. The van der Waals surface area contributed by atoms with Gasteiger partial charge in [0, 0.05) is 11.1 Å². The van der Waals surface area contributed by atoms with Crippen LogP contribution in [0.2, 0.25) is 0 Å². The van der Waals surface area contributed by atoms with E-state index in [1.807, 2.05) is 0 Å². The van der Waals surface area contributed by atoms with Gasteiger partial charge in [-0.1, -0.05) is 42.5 Å². The first-order valence-corrected chi connectivity index (χ1v) is 8.38. The quantitative estimate of drug-likeness (QED) is 0.601. The molecule has 0 spiro atoms. The fraction of sp³-hybridized carbons (Fsp3) is 0.0476. The number of benzene rings is 3. The van der Waals surface area contributed by atoms with E-state index in [0.29, 0.717) is 22.5 Å². The molecule has 28 heavy (non-hydrogen) atoms. The minimum atomic E-state index is -4.42. The molecule has 0 bridgehead atoms. The van der Waals surface area contributed by atoms with Crippen LogP contribution in [0.3, 0.4) is 0 Å². The lowest BCUT2D eigenvalue weighted by atomic mass is 9.99. The molecule has 0 saturated carbocycles. The highest BCUT2D eigenvalue weighted by Gasteiger charge is 2.30. The van der Waals surface area contributed by atoms with Crippen LogP contribution in [0.4, 0.5) is 23.2 Å². The molecule has 3 nitrogen and oxygen atoms in total. The van der Waals surface area contributed by atoms with E-state index in [2.05, 4.69) is 15.5 Å². The van der Waals surface area contributed by atoms with Gasteiger partial charge < -0.3 is 0 Å². The van der Waals surface area contributed by atoms with Crippen molar-refractivity contribution in [2.75, 3.05) is 0 Å². The van der Waals surface area contributed by atoms with Gasteiger partial charge >= 0.3 is 6.18 Å². The van der Waals surface area contributed by atoms with Crippen LogP contribution in [-0.2, 0) is 6.18 Å². The maximum absolute atomic E-state index is 14.2. The van der Waals surface area contributed by atoms with Crippen LogP contribution >= 0.6 is 0 Å². The molecular weight excluding hydrogens is 370 g/mol. The van der Waals surface area contributed by atoms with Gasteiger partial charge in [-0.3, -0.25) is 5.43 Å². The molecular formula is C21H13F4N3. The second-order valence-corrected chi connectivity index (χ2v) is 6.10. The minimum absolute atomic E-state index is 0.215. The Bertz CT molecular complexity index is 1080. The molecule has 0 aromatic heterocycles. The Morgan fingerprint density at radius 2 is 1.39 bits per heavy atom. The Kier molecular flexibility index (Phi) is 4.43. The Morgan fingerprint density at radius 3 is 2.07 bits per heavy atom. The lowest BCUT2D eigenvalue weighted by Gasteiger charge is -2.10. The Balaban J connectivity index is 1.80. The monoisotopic (exact) mass is 383 g/mol. The van der Waals surface area contributed by atoms with Crippen molar-refractivity contribution in [1.82, 2.24) is 5.43 Å². The number of hydrazone groups is 1. The molecule has 0 fully saturated rings. The van der Waals surface area contributed by atoms with Crippen molar-refractivity contribution < 1.29 is 17.6 Å². The SMILES string of the molecule is Fc1ccccc1C1=Nc2ccccc2C(c2ccc(C(F)(F)F)cc2)=NN1. The summed E-state index contributed by atoms with van der Waals surface area (Å²) in [4.78, 5) is 4.47. The lowest BCUT2D eigenvalue weighted by Crippen LogP contribution is -2.21. The maximum atomic E-state index is 14.2. The van der Waals surface area contributed by atoms with Crippen LogP contribution in [0.1, 0.15) is 22.3 Å². The van der Waals surface area contributed by atoms with Gasteiger partial charge in [0.2, 0.25) is 0 Å². The number of nitrogens with zero attached hydrogens (tertiary/aromatic N) is 2. The van der Waals surface area contributed by atoms with Crippen molar-refractivity contribution in [3.05, 3.63) is 101 Å². The molecule has 0 atom stereocenters. The zero-order valence-electron chi connectivity index (χ0n) is 14.3. The summed E-state index contributed by atoms with van der Waals surface area (Å²) in [5, 5.41) is 4.31. The van der Waals surface area contributed by atoms with Crippen molar-refractivity contribution in [2.45, 2.75) is 6.18 Å². The molecule has 0 saturated heterocycles. The largest absolute Gasteiger partial charge is 0.416 e. The number of hydrogen-bond acceptors (Lipinski definition) is 3. The zero-order valence-corrected chi connectivity index (χ0v) is 14.3. The average Bonchev–Trinajstić information content (AvgIpc) is 2.87. The zero-order chi connectivity index (χ0) is 19.7. The van der Waals surface area contributed by atoms with Crippen LogP contribution < -0.4 is 5.43 Å². The van der Waals surface area contributed by atoms with E-state index in [4.69, 9.17) is 0 Å². The average molecular weight is 383 g/mol. The maximum Gasteiger partial charge on any atom is 0.416 e. The predicted molar refractivity (Wildman–Crippen MR) is 99.3 cm³/mol.